The molecule has 1 aromatic rings. The topological polar surface area (TPSA) is 127 Å². The van der Waals surface area contributed by atoms with Crippen LogP contribution < -0.4 is 21.1 Å². The Morgan fingerprint density at radius 1 is 1.52 bits per heavy atom. The number of nitrogens with two attached hydrogens (primary N) is 1. The van der Waals surface area contributed by atoms with E-state index >= 15 is 0 Å². The second-order valence-electron chi connectivity index (χ2n) is 5.21. The van der Waals surface area contributed by atoms with E-state index in [-0.39, 0.29) is 18.5 Å². The second kappa shape index (κ2) is 11.8. The van der Waals surface area contributed by atoms with Crippen LogP contribution in [-0.4, -0.2) is 65.0 Å². The van der Waals surface area contributed by atoms with Gasteiger partial charge >= 0.3 is 5.97 Å². The number of hydrogen-bond donors (Lipinski definition) is 5. The highest BCUT2D eigenvalue weighted by Gasteiger charge is 2.20. The molecule has 0 spiro atoms. The molecule has 140 valence electrons. The molecule has 1 unspecified atom stereocenters. The van der Waals surface area contributed by atoms with Crippen molar-refractivity contribution in [1.82, 2.24) is 10.3 Å². The second-order valence-corrected chi connectivity index (χ2v) is 6.56. The summed E-state index contributed by atoms with van der Waals surface area (Å²) >= 11 is 5.63. The minimum atomic E-state index is -1.07. The summed E-state index contributed by atoms with van der Waals surface area (Å²) in [5, 5.41) is 14.6. The van der Waals surface area contributed by atoms with Gasteiger partial charge in [-0.05, 0) is 30.6 Å². The van der Waals surface area contributed by atoms with Gasteiger partial charge in [0.15, 0.2) is 6.61 Å². The van der Waals surface area contributed by atoms with Gasteiger partial charge in [0.1, 0.15) is 6.04 Å². The van der Waals surface area contributed by atoms with Crippen molar-refractivity contribution in [1.29, 1.82) is 0 Å². The lowest BCUT2D eigenvalue weighted by molar-refractivity contribution is -0.142. The zero-order valence-electron chi connectivity index (χ0n) is 14.0. The number of carbonyl (C=O) groups is 2. The van der Waals surface area contributed by atoms with Gasteiger partial charge in [0.2, 0.25) is 5.88 Å². The van der Waals surface area contributed by atoms with E-state index in [9.17, 15) is 9.59 Å². The molecule has 0 saturated heterocycles. The molecule has 1 amide bonds. The Morgan fingerprint density at radius 2 is 2.28 bits per heavy atom. The Kier molecular flexibility index (Phi) is 10.1. The van der Waals surface area contributed by atoms with Crippen LogP contribution in [0.4, 0.5) is 5.69 Å². The molecule has 1 rings (SSSR count). The van der Waals surface area contributed by atoms with Crippen molar-refractivity contribution < 1.29 is 19.4 Å². The van der Waals surface area contributed by atoms with Crippen LogP contribution >= 0.6 is 24.4 Å². The number of anilines is 1. The third kappa shape index (κ3) is 8.32. The van der Waals surface area contributed by atoms with Crippen molar-refractivity contribution in [2.24, 2.45) is 5.73 Å². The van der Waals surface area contributed by atoms with Crippen LogP contribution in [0.15, 0.2) is 18.3 Å². The molecule has 0 aromatic carbocycles. The summed E-state index contributed by atoms with van der Waals surface area (Å²) in [4.78, 5) is 27.1. The first-order chi connectivity index (χ1) is 12.0. The molecule has 10 heteroatoms. The highest BCUT2D eigenvalue weighted by atomic mass is 32.2. The van der Waals surface area contributed by atoms with Gasteiger partial charge in [-0.15, -0.1) is 0 Å². The van der Waals surface area contributed by atoms with E-state index in [1.54, 1.807) is 12.1 Å². The van der Waals surface area contributed by atoms with E-state index in [0.717, 1.165) is 0 Å². The van der Waals surface area contributed by atoms with Crippen LogP contribution in [0.25, 0.3) is 0 Å². The summed E-state index contributed by atoms with van der Waals surface area (Å²) < 4.78 is 5.41. The smallest absolute Gasteiger partial charge is 0.326 e. The van der Waals surface area contributed by atoms with Crippen LogP contribution in [0, 0.1) is 0 Å². The molecule has 0 bridgehead atoms. The Hall–Kier alpha value is -1.65. The van der Waals surface area contributed by atoms with E-state index in [1.165, 1.54) is 18.0 Å². The van der Waals surface area contributed by atoms with Crippen molar-refractivity contribution >= 4 is 42.0 Å². The first kappa shape index (κ1) is 21.4. The molecule has 1 aromatic heterocycles. The Bertz CT molecular complexity index is 562. The molecule has 2 atom stereocenters. The quantitative estimate of drug-likeness (QED) is 0.327. The fourth-order valence-corrected chi connectivity index (χ4v) is 2.41. The number of ether oxygens (including phenoxy) is 1. The van der Waals surface area contributed by atoms with Crippen molar-refractivity contribution in [3.8, 4) is 5.88 Å². The first-order valence-corrected chi connectivity index (χ1v) is 9.69. The summed E-state index contributed by atoms with van der Waals surface area (Å²) in [5.74, 6) is -0.170. The molecule has 0 saturated carbocycles. The van der Waals surface area contributed by atoms with Gasteiger partial charge in [-0.2, -0.15) is 24.4 Å². The van der Waals surface area contributed by atoms with Gasteiger partial charge in [0.05, 0.1) is 5.69 Å². The third-order valence-corrected chi connectivity index (χ3v) is 4.26. The third-order valence-electron chi connectivity index (χ3n) is 3.14. The maximum atomic E-state index is 11.9. The molecule has 0 aliphatic rings. The highest BCUT2D eigenvalue weighted by Crippen LogP contribution is 2.20. The molecule has 0 radical (unpaired) electrons. The van der Waals surface area contributed by atoms with Crippen molar-refractivity contribution in [3.63, 3.8) is 0 Å². The standard InChI is InChI=1S/C15H24N4O4S2/c1-25-6-4-12(15(21)22)19-13(20)8-23-14-11(3-2-5-17-14)18-7-10(16)9-24/h2-3,5,10,12,18,24H,4,6-9,16H2,1H3,(H,19,20)(H,21,22)/t10?,12-/m0/s1. The SMILES string of the molecule is CSCC[C@H](NC(=O)COc1ncccc1NCC(N)CS)C(=O)O. The summed E-state index contributed by atoms with van der Waals surface area (Å²) in [6.45, 7) is 0.154. The zero-order valence-corrected chi connectivity index (χ0v) is 15.7. The Labute approximate surface area is 156 Å². The van der Waals surface area contributed by atoms with Crippen LogP contribution in [0.1, 0.15) is 6.42 Å². The van der Waals surface area contributed by atoms with Crippen LogP contribution in [0.2, 0.25) is 0 Å². The van der Waals surface area contributed by atoms with Crippen LogP contribution in [-0.2, 0) is 9.59 Å². The molecule has 0 fully saturated rings. The predicted octanol–water partition coefficient (Wildman–Crippen LogP) is 0.452. The number of nitrogens with zero attached hydrogens (tertiary/aromatic N) is 1. The number of thiol groups is 1. The maximum absolute atomic E-state index is 11.9. The zero-order chi connectivity index (χ0) is 18.7. The molecule has 8 nitrogen and oxygen atoms in total. The minimum absolute atomic E-state index is 0.132. The lowest BCUT2D eigenvalue weighted by Crippen LogP contribution is -2.43. The summed E-state index contributed by atoms with van der Waals surface area (Å²) in [7, 11) is 0. The Balaban J connectivity index is 2.56. The highest BCUT2D eigenvalue weighted by molar-refractivity contribution is 7.98. The van der Waals surface area contributed by atoms with Gasteiger partial charge in [0.25, 0.3) is 5.91 Å². The van der Waals surface area contributed by atoms with E-state index in [1.807, 2.05) is 6.26 Å². The van der Waals surface area contributed by atoms with E-state index in [4.69, 9.17) is 15.6 Å². The van der Waals surface area contributed by atoms with E-state index < -0.39 is 17.9 Å². The monoisotopic (exact) mass is 388 g/mol. The van der Waals surface area contributed by atoms with Crippen LogP contribution in [0.5, 0.6) is 5.88 Å². The van der Waals surface area contributed by atoms with Gasteiger partial charge in [-0.1, -0.05) is 0 Å². The number of carboxylic acids is 1. The van der Waals surface area contributed by atoms with Gasteiger partial charge in [0, 0.05) is 24.5 Å². The van der Waals surface area contributed by atoms with Crippen molar-refractivity contribution in [2.45, 2.75) is 18.5 Å². The van der Waals surface area contributed by atoms with E-state index in [2.05, 4.69) is 28.2 Å². The molecular weight excluding hydrogens is 364 g/mol. The summed E-state index contributed by atoms with van der Waals surface area (Å²) in [5.41, 5.74) is 6.40. The number of thioether (sulfide) groups is 1. The fraction of sp³-hybridized carbons (Fsp3) is 0.533. The molecule has 1 heterocycles. The number of aromatic nitrogens is 1. The number of aliphatic carboxylic acids is 1. The maximum Gasteiger partial charge on any atom is 0.326 e. The first-order valence-electron chi connectivity index (χ1n) is 7.67. The van der Waals surface area contributed by atoms with Gasteiger partial charge in [-0.25, -0.2) is 9.78 Å². The lowest BCUT2D eigenvalue weighted by atomic mass is 10.2. The number of amides is 1. The van der Waals surface area contributed by atoms with E-state index in [0.29, 0.717) is 30.2 Å². The number of carboxylic acid groups (broad SMARTS) is 1. The Morgan fingerprint density at radius 3 is 2.92 bits per heavy atom. The van der Waals surface area contributed by atoms with Crippen molar-refractivity contribution in [3.05, 3.63) is 18.3 Å². The number of hydrogen-bond acceptors (Lipinski definition) is 8. The minimum Gasteiger partial charge on any atom is -0.480 e. The molecular formula is C15H24N4O4S2. The van der Waals surface area contributed by atoms with Crippen molar-refractivity contribution in [2.75, 3.05) is 36.2 Å². The summed E-state index contributed by atoms with van der Waals surface area (Å²) in [6.07, 6.45) is 3.76. The van der Waals surface area contributed by atoms with Gasteiger partial charge < -0.3 is 26.2 Å². The molecule has 0 aliphatic carbocycles. The number of carbonyl (C=O) groups excluding carboxylic acids is 1. The number of pyridine rings is 1. The molecule has 25 heavy (non-hydrogen) atoms. The molecule has 5 N–H and O–H groups in total. The molecule has 0 aliphatic heterocycles. The number of nitrogens with one attached hydrogen (secondary N) is 2. The number of rotatable bonds is 12. The normalized spacial score (nSPS) is 12.9. The lowest BCUT2D eigenvalue weighted by Gasteiger charge is -2.16. The van der Waals surface area contributed by atoms with Gasteiger partial charge in [-0.3, -0.25) is 4.79 Å². The van der Waals surface area contributed by atoms with Crippen LogP contribution in [0.3, 0.4) is 0 Å². The average molecular weight is 389 g/mol. The average Bonchev–Trinajstić information content (AvgIpc) is 2.61. The largest absolute Gasteiger partial charge is 0.480 e. The fourth-order valence-electron chi connectivity index (χ4n) is 1.81. The predicted molar refractivity (Wildman–Crippen MR) is 103 cm³/mol. The summed E-state index contributed by atoms with van der Waals surface area (Å²) in [6, 6.07) is 2.42.